The Morgan fingerprint density at radius 2 is 1.95 bits per heavy atom. The van der Waals surface area contributed by atoms with Crippen LogP contribution in [0, 0.1) is 11.6 Å². The second-order valence-corrected chi connectivity index (χ2v) is 6.06. The van der Waals surface area contributed by atoms with Crippen LogP contribution >= 0.6 is 0 Å². The van der Waals surface area contributed by atoms with E-state index in [4.69, 9.17) is 5.73 Å². The number of rotatable bonds is 5. The molecular weight excluding hydrogens is 292 g/mol. The van der Waals surface area contributed by atoms with Crippen molar-refractivity contribution in [2.75, 3.05) is 12.3 Å². The molecule has 0 unspecified atom stereocenters. The number of benzene rings is 1. The number of carbonyl (C=O) groups excluding carboxylic acids is 1. The Bertz CT molecular complexity index is 618. The number of nitrogen functional groups attached to an aromatic ring is 1. The number of carbonyl (C=O) groups is 1. The molecule has 0 atom stereocenters. The maximum absolute atomic E-state index is 13.6. The molecule has 0 aromatic heterocycles. The average Bonchev–Trinajstić information content (AvgIpc) is 2.32. The highest BCUT2D eigenvalue weighted by molar-refractivity contribution is 7.89. The van der Waals surface area contributed by atoms with E-state index in [0.717, 1.165) is 12.1 Å². The third kappa shape index (κ3) is 3.87. The summed E-state index contributed by atoms with van der Waals surface area (Å²) in [6.45, 7) is 2.84. The summed E-state index contributed by atoms with van der Waals surface area (Å²) in [6.07, 6.45) is 0. The molecule has 0 fully saturated rings. The fraction of sp³-hybridized carbons (Fsp3) is 0.364. The molecule has 20 heavy (non-hydrogen) atoms. The number of hydrogen-bond donors (Lipinski definition) is 3. The minimum absolute atomic E-state index is 0.162. The van der Waals surface area contributed by atoms with Crippen molar-refractivity contribution < 1.29 is 22.0 Å². The van der Waals surface area contributed by atoms with E-state index in [9.17, 15) is 22.0 Å². The maximum atomic E-state index is 13.6. The molecule has 1 rings (SSSR count). The molecular formula is C11H15F2N3O3S. The van der Waals surface area contributed by atoms with Crippen LogP contribution in [0.3, 0.4) is 0 Å². The number of nitrogens with one attached hydrogen (secondary N) is 2. The average molecular weight is 307 g/mol. The first-order chi connectivity index (χ1) is 9.15. The monoisotopic (exact) mass is 307 g/mol. The van der Waals surface area contributed by atoms with Gasteiger partial charge in [0.25, 0.3) is 0 Å². The molecule has 0 bridgehead atoms. The number of nitrogens with two attached hydrogens (primary N) is 1. The van der Waals surface area contributed by atoms with Gasteiger partial charge >= 0.3 is 0 Å². The first-order valence-electron chi connectivity index (χ1n) is 5.67. The lowest BCUT2D eigenvalue weighted by molar-refractivity contribution is -0.120. The van der Waals surface area contributed by atoms with Gasteiger partial charge < -0.3 is 11.1 Å². The van der Waals surface area contributed by atoms with Crippen molar-refractivity contribution in [3.8, 4) is 0 Å². The van der Waals surface area contributed by atoms with Gasteiger partial charge in [-0.25, -0.2) is 21.9 Å². The van der Waals surface area contributed by atoms with E-state index < -0.39 is 44.7 Å². The van der Waals surface area contributed by atoms with Gasteiger partial charge in [-0.15, -0.1) is 0 Å². The molecule has 4 N–H and O–H groups in total. The van der Waals surface area contributed by atoms with Crippen molar-refractivity contribution in [1.29, 1.82) is 0 Å². The molecule has 0 aliphatic carbocycles. The highest BCUT2D eigenvalue weighted by Crippen LogP contribution is 2.22. The SMILES string of the molecule is CC(C)NC(=O)CNS(=O)(=O)c1ccc(F)c(N)c1F. The summed E-state index contributed by atoms with van der Waals surface area (Å²) < 4.78 is 52.1. The molecule has 6 nitrogen and oxygen atoms in total. The molecule has 112 valence electrons. The number of amides is 1. The summed E-state index contributed by atoms with van der Waals surface area (Å²) in [5.41, 5.74) is 4.19. The van der Waals surface area contributed by atoms with Crippen molar-refractivity contribution >= 4 is 21.6 Å². The van der Waals surface area contributed by atoms with E-state index in [0.29, 0.717) is 0 Å². The lowest BCUT2D eigenvalue weighted by Crippen LogP contribution is -2.40. The summed E-state index contributed by atoms with van der Waals surface area (Å²) in [7, 11) is -4.29. The van der Waals surface area contributed by atoms with Gasteiger partial charge in [-0.1, -0.05) is 0 Å². The van der Waals surface area contributed by atoms with Gasteiger partial charge in [0.2, 0.25) is 15.9 Å². The molecule has 0 radical (unpaired) electrons. The molecule has 0 heterocycles. The van der Waals surface area contributed by atoms with E-state index in [1.54, 1.807) is 13.8 Å². The van der Waals surface area contributed by atoms with Crippen LogP contribution in [0.4, 0.5) is 14.5 Å². The fourth-order valence-corrected chi connectivity index (χ4v) is 2.44. The highest BCUT2D eigenvalue weighted by atomic mass is 32.2. The zero-order valence-electron chi connectivity index (χ0n) is 10.9. The van der Waals surface area contributed by atoms with E-state index >= 15 is 0 Å². The van der Waals surface area contributed by atoms with Crippen LogP contribution in [-0.4, -0.2) is 26.9 Å². The van der Waals surface area contributed by atoms with Gasteiger partial charge in [-0.2, -0.15) is 0 Å². The number of halogens is 2. The number of sulfonamides is 1. The van der Waals surface area contributed by atoms with Gasteiger partial charge in [0.05, 0.1) is 6.54 Å². The maximum Gasteiger partial charge on any atom is 0.244 e. The quantitative estimate of drug-likeness (QED) is 0.683. The lowest BCUT2D eigenvalue weighted by Gasteiger charge is -2.11. The molecule has 0 spiro atoms. The normalized spacial score (nSPS) is 11.7. The third-order valence-electron chi connectivity index (χ3n) is 2.25. The number of anilines is 1. The zero-order valence-corrected chi connectivity index (χ0v) is 11.7. The van der Waals surface area contributed by atoms with Crippen LogP contribution in [0.25, 0.3) is 0 Å². The largest absolute Gasteiger partial charge is 0.394 e. The van der Waals surface area contributed by atoms with Crippen molar-refractivity contribution in [2.24, 2.45) is 0 Å². The van der Waals surface area contributed by atoms with Gasteiger partial charge in [0.1, 0.15) is 16.4 Å². The Morgan fingerprint density at radius 1 is 1.35 bits per heavy atom. The van der Waals surface area contributed by atoms with Crippen LogP contribution in [0.5, 0.6) is 0 Å². The van der Waals surface area contributed by atoms with E-state index in [-0.39, 0.29) is 6.04 Å². The van der Waals surface area contributed by atoms with Crippen molar-refractivity contribution in [3.05, 3.63) is 23.8 Å². The van der Waals surface area contributed by atoms with E-state index in [1.807, 2.05) is 4.72 Å². The van der Waals surface area contributed by atoms with Crippen LogP contribution in [0.1, 0.15) is 13.8 Å². The molecule has 9 heteroatoms. The van der Waals surface area contributed by atoms with Crippen molar-refractivity contribution in [2.45, 2.75) is 24.8 Å². The smallest absolute Gasteiger partial charge is 0.244 e. The first-order valence-corrected chi connectivity index (χ1v) is 7.16. The lowest BCUT2D eigenvalue weighted by atomic mass is 10.3. The summed E-state index contributed by atoms with van der Waals surface area (Å²) in [5.74, 6) is -3.01. The van der Waals surface area contributed by atoms with Gasteiger partial charge in [-0.3, -0.25) is 4.79 Å². The summed E-state index contributed by atoms with van der Waals surface area (Å²) in [6, 6.07) is 1.32. The second kappa shape index (κ2) is 6.14. The predicted molar refractivity (Wildman–Crippen MR) is 69.2 cm³/mol. The minimum Gasteiger partial charge on any atom is -0.394 e. The molecule has 1 amide bonds. The van der Waals surface area contributed by atoms with Crippen LogP contribution < -0.4 is 15.8 Å². The van der Waals surface area contributed by atoms with Crippen molar-refractivity contribution in [3.63, 3.8) is 0 Å². The summed E-state index contributed by atoms with van der Waals surface area (Å²) in [4.78, 5) is 10.5. The van der Waals surface area contributed by atoms with Crippen LogP contribution in [-0.2, 0) is 14.8 Å². The van der Waals surface area contributed by atoms with Gasteiger partial charge in [0.15, 0.2) is 5.82 Å². The Morgan fingerprint density at radius 3 is 2.50 bits per heavy atom. The Balaban J connectivity index is 2.90. The Hall–Kier alpha value is -1.74. The predicted octanol–water partition coefficient (Wildman–Crippen LogP) is 0.350. The Labute approximate surface area is 115 Å². The summed E-state index contributed by atoms with van der Waals surface area (Å²) in [5, 5.41) is 2.46. The van der Waals surface area contributed by atoms with Gasteiger partial charge in [-0.05, 0) is 26.0 Å². The van der Waals surface area contributed by atoms with Gasteiger partial charge in [0, 0.05) is 6.04 Å². The molecule has 0 aliphatic rings. The topological polar surface area (TPSA) is 101 Å². The molecule has 0 saturated carbocycles. The minimum atomic E-state index is -4.29. The molecule has 0 saturated heterocycles. The van der Waals surface area contributed by atoms with E-state index in [1.165, 1.54) is 0 Å². The number of hydrogen-bond acceptors (Lipinski definition) is 4. The second-order valence-electron chi connectivity index (χ2n) is 4.32. The first kappa shape index (κ1) is 16.3. The molecule has 1 aromatic rings. The fourth-order valence-electron chi connectivity index (χ4n) is 1.37. The Kier molecular flexibility index (Phi) is 5.01. The zero-order chi connectivity index (χ0) is 15.5. The van der Waals surface area contributed by atoms with Crippen LogP contribution in [0.2, 0.25) is 0 Å². The summed E-state index contributed by atoms with van der Waals surface area (Å²) >= 11 is 0. The van der Waals surface area contributed by atoms with Crippen molar-refractivity contribution in [1.82, 2.24) is 10.0 Å². The molecule has 1 aromatic carbocycles. The van der Waals surface area contributed by atoms with Crippen LogP contribution in [0.15, 0.2) is 17.0 Å². The molecule has 0 aliphatic heterocycles. The highest BCUT2D eigenvalue weighted by Gasteiger charge is 2.23. The standard InChI is InChI=1S/C11H15F2N3O3S/c1-6(2)16-9(17)5-15-20(18,19)8-4-3-7(12)11(14)10(8)13/h3-4,6,15H,5,14H2,1-2H3,(H,16,17). The van der Waals surface area contributed by atoms with E-state index in [2.05, 4.69) is 5.32 Å². The third-order valence-corrected chi connectivity index (χ3v) is 3.67.